The van der Waals surface area contributed by atoms with Gasteiger partial charge in [-0.3, -0.25) is 0 Å². The molecule has 0 heterocycles. The number of hydrogen-bond donors (Lipinski definition) is 3. The standard InChI is InChI=1S/C17H26N2O2/c1-10(2)15(20)9-18-17(21)19-16-12(4)8-13-6-5-11(3)7-14(13)16/h5-7,10,12,15-16,20H,8-9H2,1-4H3,(H2,18,19,21). The second kappa shape index (κ2) is 6.48. The molecule has 0 aromatic heterocycles. The van der Waals surface area contributed by atoms with Gasteiger partial charge >= 0.3 is 6.03 Å². The third-order valence-corrected chi connectivity index (χ3v) is 4.28. The number of fused-ring (bicyclic) bond motifs is 1. The number of aryl methyl sites for hydroxylation is 1. The Morgan fingerprint density at radius 3 is 2.81 bits per heavy atom. The maximum atomic E-state index is 12.0. The average Bonchev–Trinajstić information content (AvgIpc) is 2.72. The van der Waals surface area contributed by atoms with Gasteiger partial charge < -0.3 is 15.7 Å². The van der Waals surface area contributed by atoms with Crippen LogP contribution in [-0.2, 0) is 6.42 Å². The van der Waals surface area contributed by atoms with Crippen molar-refractivity contribution in [1.82, 2.24) is 10.6 Å². The smallest absolute Gasteiger partial charge is 0.315 e. The predicted octanol–water partition coefficient (Wildman–Crippen LogP) is 2.54. The molecular weight excluding hydrogens is 264 g/mol. The van der Waals surface area contributed by atoms with Crippen LogP contribution in [0.25, 0.3) is 0 Å². The van der Waals surface area contributed by atoms with Gasteiger partial charge in [0.2, 0.25) is 0 Å². The second-order valence-electron chi connectivity index (χ2n) is 6.53. The third-order valence-electron chi connectivity index (χ3n) is 4.28. The molecule has 116 valence electrons. The Balaban J connectivity index is 1.97. The summed E-state index contributed by atoms with van der Waals surface area (Å²) in [6.07, 6.45) is 0.487. The highest BCUT2D eigenvalue weighted by Crippen LogP contribution is 2.36. The third kappa shape index (κ3) is 3.76. The van der Waals surface area contributed by atoms with Crippen molar-refractivity contribution in [2.75, 3.05) is 6.54 Å². The van der Waals surface area contributed by atoms with E-state index in [0.29, 0.717) is 5.92 Å². The van der Waals surface area contributed by atoms with Crippen LogP contribution >= 0.6 is 0 Å². The van der Waals surface area contributed by atoms with Crippen molar-refractivity contribution in [1.29, 1.82) is 0 Å². The van der Waals surface area contributed by atoms with Gasteiger partial charge in [0.15, 0.2) is 0 Å². The van der Waals surface area contributed by atoms with Crippen LogP contribution in [0.5, 0.6) is 0 Å². The van der Waals surface area contributed by atoms with Crippen molar-refractivity contribution in [3.05, 3.63) is 34.9 Å². The van der Waals surface area contributed by atoms with Crippen molar-refractivity contribution >= 4 is 6.03 Å². The minimum Gasteiger partial charge on any atom is -0.391 e. The summed E-state index contributed by atoms with van der Waals surface area (Å²) in [7, 11) is 0. The number of aliphatic hydroxyl groups is 1. The van der Waals surface area contributed by atoms with Crippen LogP contribution in [-0.4, -0.2) is 23.8 Å². The van der Waals surface area contributed by atoms with Gasteiger partial charge in [0, 0.05) is 6.54 Å². The number of amides is 2. The Bertz CT molecular complexity index is 514. The number of benzene rings is 1. The quantitative estimate of drug-likeness (QED) is 0.798. The fourth-order valence-electron chi connectivity index (χ4n) is 2.81. The van der Waals surface area contributed by atoms with Crippen LogP contribution in [0.3, 0.4) is 0 Å². The predicted molar refractivity (Wildman–Crippen MR) is 84.2 cm³/mol. The van der Waals surface area contributed by atoms with Crippen LogP contribution in [0, 0.1) is 18.8 Å². The zero-order chi connectivity index (χ0) is 15.6. The molecule has 3 N–H and O–H groups in total. The highest BCUT2D eigenvalue weighted by atomic mass is 16.3. The first-order valence-corrected chi connectivity index (χ1v) is 7.70. The molecule has 1 aromatic rings. The molecule has 21 heavy (non-hydrogen) atoms. The fraction of sp³-hybridized carbons (Fsp3) is 0.588. The topological polar surface area (TPSA) is 61.4 Å². The lowest BCUT2D eigenvalue weighted by atomic mass is 10.0. The van der Waals surface area contributed by atoms with Gasteiger partial charge in [0.1, 0.15) is 0 Å². The van der Waals surface area contributed by atoms with E-state index in [-0.39, 0.29) is 24.5 Å². The van der Waals surface area contributed by atoms with Gasteiger partial charge in [0.25, 0.3) is 0 Å². The van der Waals surface area contributed by atoms with E-state index in [1.807, 2.05) is 13.8 Å². The molecular formula is C17H26N2O2. The molecule has 2 amide bonds. The van der Waals surface area contributed by atoms with E-state index < -0.39 is 6.10 Å². The zero-order valence-corrected chi connectivity index (χ0v) is 13.3. The van der Waals surface area contributed by atoms with Crippen LogP contribution in [0.1, 0.15) is 43.5 Å². The summed E-state index contributed by atoms with van der Waals surface area (Å²) in [4.78, 5) is 12.0. The number of urea groups is 1. The summed E-state index contributed by atoms with van der Waals surface area (Å²) in [5, 5.41) is 15.5. The number of nitrogens with one attached hydrogen (secondary N) is 2. The van der Waals surface area contributed by atoms with Crippen molar-refractivity contribution in [3.63, 3.8) is 0 Å². The van der Waals surface area contributed by atoms with E-state index in [9.17, 15) is 9.90 Å². The Morgan fingerprint density at radius 1 is 1.43 bits per heavy atom. The Kier molecular flexibility index (Phi) is 4.88. The van der Waals surface area contributed by atoms with Gasteiger partial charge in [-0.05, 0) is 36.3 Å². The largest absolute Gasteiger partial charge is 0.391 e. The summed E-state index contributed by atoms with van der Waals surface area (Å²) < 4.78 is 0. The van der Waals surface area contributed by atoms with Gasteiger partial charge in [0.05, 0.1) is 12.1 Å². The molecule has 1 aliphatic rings. The monoisotopic (exact) mass is 290 g/mol. The van der Waals surface area contributed by atoms with Crippen LogP contribution in [0.2, 0.25) is 0 Å². The average molecular weight is 290 g/mol. The molecule has 3 atom stereocenters. The zero-order valence-electron chi connectivity index (χ0n) is 13.3. The van der Waals surface area contributed by atoms with Gasteiger partial charge in [-0.25, -0.2) is 4.79 Å². The highest BCUT2D eigenvalue weighted by Gasteiger charge is 2.30. The molecule has 0 aliphatic heterocycles. The lowest BCUT2D eigenvalue weighted by Gasteiger charge is -2.21. The van der Waals surface area contributed by atoms with Crippen LogP contribution < -0.4 is 10.6 Å². The first-order chi connectivity index (χ1) is 9.88. The molecule has 4 nitrogen and oxygen atoms in total. The first kappa shape index (κ1) is 15.8. The first-order valence-electron chi connectivity index (χ1n) is 7.70. The summed E-state index contributed by atoms with van der Waals surface area (Å²) >= 11 is 0. The van der Waals surface area contributed by atoms with Crippen molar-refractivity contribution < 1.29 is 9.90 Å². The summed E-state index contributed by atoms with van der Waals surface area (Å²) in [6.45, 7) is 8.37. The van der Waals surface area contributed by atoms with Crippen LogP contribution in [0.4, 0.5) is 4.79 Å². The van der Waals surface area contributed by atoms with Crippen molar-refractivity contribution in [2.45, 2.75) is 46.3 Å². The Morgan fingerprint density at radius 2 is 2.14 bits per heavy atom. The molecule has 0 saturated heterocycles. The number of aliphatic hydroxyl groups excluding tert-OH is 1. The Labute approximate surface area is 126 Å². The number of hydrogen-bond acceptors (Lipinski definition) is 2. The molecule has 0 fully saturated rings. The molecule has 3 unspecified atom stereocenters. The minimum absolute atomic E-state index is 0.0519. The fourth-order valence-corrected chi connectivity index (χ4v) is 2.81. The minimum atomic E-state index is -0.508. The maximum absolute atomic E-state index is 12.0. The maximum Gasteiger partial charge on any atom is 0.315 e. The molecule has 1 aliphatic carbocycles. The van der Waals surface area contributed by atoms with Gasteiger partial charge in [-0.1, -0.05) is 44.5 Å². The number of rotatable bonds is 4. The van der Waals surface area contributed by atoms with Crippen LogP contribution in [0.15, 0.2) is 18.2 Å². The lowest BCUT2D eigenvalue weighted by molar-refractivity contribution is 0.124. The van der Waals surface area contributed by atoms with Crippen molar-refractivity contribution in [3.8, 4) is 0 Å². The molecule has 4 heteroatoms. The summed E-state index contributed by atoms with van der Waals surface area (Å²) in [5.74, 6) is 0.529. The van der Waals surface area contributed by atoms with Gasteiger partial charge in [-0.15, -0.1) is 0 Å². The molecule has 0 radical (unpaired) electrons. The van der Waals surface area contributed by atoms with E-state index in [1.54, 1.807) is 0 Å². The van der Waals surface area contributed by atoms with E-state index >= 15 is 0 Å². The summed E-state index contributed by atoms with van der Waals surface area (Å²) in [6, 6.07) is 6.28. The van der Waals surface area contributed by atoms with E-state index in [0.717, 1.165) is 6.42 Å². The van der Waals surface area contributed by atoms with E-state index in [2.05, 4.69) is 42.7 Å². The molecule has 0 bridgehead atoms. The molecule has 0 spiro atoms. The molecule has 1 aromatic carbocycles. The van der Waals surface area contributed by atoms with Crippen molar-refractivity contribution in [2.24, 2.45) is 11.8 Å². The summed E-state index contributed by atoms with van der Waals surface area (Å²) in [5.41, 5.74) is 3.76. The van der Waals surface area contributed by atoms with E-state index in [4.69, 9.17) is 0 Å². The highest BCUT2D eigenvalue weighted by molar-refractivity contribution is 5.74. The molecule has 0 saturated carbocycles. The van der Waals surface area contributed by atoms with Gasteiger partial charge in [-0.2, -0.15) is 0 Å². The number of carbonyl (C=O) groups excluding carboxylic acids is 1. The molecule has 2 rings (SSSR count). The normalized spacial score (nSPS) is 22.0. The SMILES string of the molecule is Cc1ccc2c(c1)C(NC(=O)NCC(O)C(C)C)C(C)C2. The number of carbonyl (C=O) groups is 1. The Hall–Kier alpha value is -1.55. The van der Waals surface area contributed by atoms with E-state index in [1.165, 1.54) is 16.7 Å². The lowest BCUT2D eigenvalue weighted by Crippen LogP contribution is -2.43. The second-order valence-corrected chi connectivity index (χ2v) is 6.53.